The molecular weight excluding hydrogens is 232 g/mol. The normalized spacial score (nSPS) is 13.9. The van der Waals surface area contributed by atoms with E-state index in [4.69, 9.17) is 4.74 Å². The lowest BCUT2D eigenvalue weighted by atomic mass is 9.80. The predicted molar refractivity (Wildman–Crippen MR) is 70.4 cm³/mol. The van der Waals surface area contributed by atoms with E-state index in [1.165, 1.54) is 0 Å². The van der Waals surface area contributed by atoms with Gasteiger partial charge in [0.25, 0.3) is 0 Å². The van der Waals surface area contributed by atoms with Crippen LogP contribution in [0.4, 0.5) is 0 Å². The molecule has 0 aromatic carbocycles. The first kappa shape index (κ1) is 16.9. The van der Waals surface area contributed by atoms with Gasteiger partial charge in [-0.1, -0.05) is 46.0 Å². The second-order valence-corrected chi connectivity index (χ2v) is 4.63. The Morgan fingerprint density at radius 1 is 1.06 bits per heavy atom. The number of carbonyl (C=O) groups excluding carboxylic acids is 1. The fraction of sp³-hybridized carbons (Fsp3) is 0.857. The summed E-state index contributed by atoms with van der Waals surface area (Å²) in [6.07, 6.45) is 5.80. The molecule has 0 radical (unpaired) electrons. The molecule has 0 aromatic heterocycles. The minimum atomic E-state index is -1.35. The van der Waals surface area contributed by atoms with E-state index in [0.717, 1.165) is 32.1 Å². The minimum absolute atomic E-state index is 0.226. The number of carbonyl (C=O) groups is 2. The molecule has 106 valence electrons. The van der Waals surface area contributed by atoms with Gasteiger partial charge in [0, 0.05) is 0 Å². The van der Waals surface area contributed by atoms with Crippen molar-refractivity contribution in [1.82, 2.24) is 0 Å². The maximum Gasteiger partial charge on any atom is 0.323 e. The van der Waals surface area contributed by atoms with E-state index in [1.807, 2.05) is 0 Å². The Hall–Kier alpha value is -1.06. The fourth-order valence-electron chi connectivity index (χ4n) is 2.07. The summed E-state index contributed by atoms with van der Waals surface area (Å²) in [7, 11) is 0. The zero-order valence-corrected chi connectivity index (χ0v) is 11.8. The number of rotatable bonds is 10. The highest BCUT2D eigenvalue weighted by molar-refractivity contribution is 5.99. The second-order valence-electron chi connectivity index (χ2n) is 4.63. The van der Waals surface area contributed by atoms with Crippen molar-refractivity contribution in [2.45, 2.75) is 65.7 Å². The third-order valence-electron chi connectivity index (χ3n) is 3.39. The van der Waals surface area contributed by atoms with Gasteiger partial charge < -0.3 is 9.84 Å². The molecule has 0 fully saturated rings. The number of ether oxygens (including phenoxy) is 1. The minimum Gasteiger partial charge on any atom is -0.480 e. The number of esters is 1. The largest absolute Gasteiger partial charge is 0.480 e. The van der Waals surface area contributed by atoms with Crippen LogP contribution in [0, 0.1) is 5.41 Å². The Labute approximate surface area is 110 Å². The highest BCUT2D eigenvalue weighted by Gasteiger charge is 2.45. The van der Waals surface area contributed by atoms with Crippen LogP contribution in [-0.2, 0) is 14.3 Å². The Balaban J connectivity index is 4.47. The molecule has 4 heteroatoms. The summed E-state index contributed by atoms with van der Waals surface area (Å²) in [4.78, 5) is 23.2. The van der Waals surface area contributed by atoms with Crippen LogP contribution in [-0.4, -0.2) is 23.7 Å². The van der Waals surface area contributed by atoms with E-state index in [0.29, 0.717) is 6.42 Å². The zero-order valence-electron chi connectivity index (χ0n) is 11.8. The van der Waals surface area contributed by atoms with Gasteiger partial charge in [-0.05, 0) is 19.8 Å². The van der Waals surface area contributed by atoms with Gasteiger partial charge in [-0.2, -0.15) is 0 Å². The van der Waals surface area contributed by atoms with Crippen LogP contribution >= 0.6 is 0 Å². The van der Waals surface area contributed by atoms with Crippen molar-refractivity contribution in [2.75, 3.05) is 6.61 Å². The third kappa shape index (κ3) is 4.67. The molecule has 0 spiro atoms. The van der Waals surface area contributed by atoms with Gasteiger partial charge >= 0.3 is 11.9 Å². The van der Waals surface area contributed by atoms with E-state index in [2.05, 4.69) is 6.92 Å². The first-order valence-corrected chi connectivity index (χ1v) is 6.95. The topological polar surface area (TPSA) is 63.6 Å². The van der Waals surface area contributed by atoms with Gasteiger partial charge in [0.2, 0.25) is 0 Å². The third-order valence-corrected chi connectivity index (χ3v) is 3.39. The Bertz CT molecular complexity index is 263. The summed E-state index contributed by atoms with van der Waals surface area (Å²) in [5.41, 5.74) is -1.35. The Morgan fingerprint density at radius 3 is 2.11 bits per heavy atom. The molecule has 1 unspecified atom stereocenters. The molecule has 0 aromatic rings. The Morgan fingerprint density at radius 2 is 1.67 bits per heavy atom. The molecule has 0 bridgehead atoms. The van der Waals surface area contributed by atoms with Crippen LogP contribution in [0.5, 0.6) is 0 Å². The van der Waals surface area contributed by atoms with E-state index < -0.39 is 17.4 Å². The van der Waals surface area contributed by atoms with Crippen molar-refractivity contribution in [3.8, 4) is 0 Å². The molecule has 0 heterocycles. The predicted octanol–water partition coefficient (Wildman–Crippen LogP) is 3.39. The quantitative estimate of drug-likeness (QED) is 0.370. The van der Waals surface area contributed by atoms with Crippen molar-refractivity contribution in [1.29, 1.82) is 0 Å². The van der Waals surface area contributed by atoms with Crippen LogP contribution in [0.1, 0.15) is 65.7 Å². The van der Waals surface area contributed by atoms with E-state index in [1.54, 1.807) is 13.8 Å². The number of carboxylic acid groups (broad SMARTS) is 1. The molecule has 0 aliphatic rings. The van der Waals surface area contributed by atoms with Crippen molar-refractivity contribution in [2.24, 2.45) is 5.41 Å². The van der Waals surface area contributed by atoms with Gasteiger partial charge in [-0.25, -0.2) is 0 Å². The summed E-state index contributed by atoms with van der Waals surface area (Å²) in [5.74, 6) is -1.64. The Kier molecular flexibility index (Phi) is 8.42. The first-order valence-electron chi connectivity index (χ1n) is 6.95. The maximum absolute atomic E-state index is 11.9. The van der Waals surface area contributed by atoms with Crippen molar-refractivity contribution in [3.05, 3.63) is 0 Å². The average molecular weight is 258 g/mol. The molecule has 0 rings (SSSR count). The van der Waals surface area contributed by atoms with Crippen molar-refractivity contribution >= 4 is 11.9 Å². The van der Waals surface area contributed by atoms with Gasteiger partial charge in [-0.3, -0.25) is 9.59 Å². The molecule has 0 saturated heterocycles. The van der Waals surface area contributed by atoms with Crippen LogP contribution in [0.25, 0.3) is 0 Å². The zero-order chi connectivity index (χ0) is 14.0. The highest BCUT2D eigenvalue weighted by Crippen LogP contribution is 2.31. The fourth-order valence-corrected chi connectivity index (χ4v) is 2.07. The van der Waals surface area contributed by atoms with Crippen LogP contribution in [0.2, 0.25) is 0 Å². The summed E-state index contributed by atoms with van der Waals surface area (Å²) in [6.45, 7) is 5.79. The summed E-state index contributed by atoms with van der Waals surface area (Å²) < 4.78 is 4.92. The highest BCUT2D eigenvalue weighted by atomic mass is 16.5. The molecule has 1 atom stereocenters. The summed E-state index contributed by atoms with van der Waals surface area (Å²) in [6, 6.07) is 0. The first-order chi connectivity index (χ1) is 8.55. The molecule has 1 N–H and O–H groups in total. The standard InChI is InChI=1S/C14H26O4/c1-4-7-8-9-10-11-14(5-2,12(15)16)13(17)18-6-3/h4-11H2,1-3H3,(H,15,16). The van der Waals surface area contributed by atoms with E-state index in [-0.39, 0.29) is 13.0 Å². The lowest BCUT2D eigenvalue weighted by Crippen LogP contribution is -2.40. The van der Waals surface area contributed by atoms with Gasteiger partial charge in [0.05, 0.1) is 6.61 Å². The number of hydrogen-bond donors (Lipinski definition) is 1. The van der Waals surface area contributed by atoms with Crippen LogP contribution in [0.3, 0.4) is 0 Å². The molecule has 0 saturated carbocycles. The van der Waals surface area contributed by atoms with Crippen LogP contribution in [0.15, 0.2) is 0 Å². The SMILES string of the molecule is CCCCCCCC(CC)(C(=O)O)C(=O)OCC. The summed E-state index contributed by atoms with van der Waals surface area (Å²) >= 11 is 0. The molecule has 18 heavy (non-hydrogen) atoms. The molecule has 0 aliphatic heterocycles. The molecular formula is C14H26O4. The van der Waals surface area contributed by atoms with Gasteiger partial charge in [0.15, 0.2) is 5.41 Å². The van der Waals surface area contributed by atoms with Gasteiger partial charge in [0.1, 0.15) is 0 Å². The lowest BCUT2D eigenvalue weighted by Gasteiger charge is -2.25. The average Bonchev–Trinajstić information content (AvgIpc) is 2.34. The molecule has 0 aliphatic carbocycles. The van der Waals surface area contributed by atoms with Crippen molar-refractivity contribution < 1.29 is 19.4 Å². The second kappa shape index (κ2) is 8.95. The smallest absolute Gasteiger partial charge is 0.323 e. The number of aliphatic carboxylic acids is 1. The summed E-state index contributed by atoms with van der Waals surface area (Å²) in [5, 5.41) is 9.32. The van der Waals surface area contributed by atoms with E-state index >= 15 is 0 Å². The van der Waals surface area contributed by atoms with Gasteiger partial charge in [-0.15, -0.1) is 0 Å². The molecule has 0 amide bonds. The maximum atomic E-state index is 11.9. The number of hydrogen-bond acceptors (Lipinski definition) is 3. The lowest BCUT2D eigenvalue weighted by molar-refractivity contribution is -0.169. The monoisotopic (exact) mass is 258 g/mol. The van der Waals surface area contributed by atoms with Crippen molar-refractivity contribution in [3.63, 3.8) is 0 Å². The van der Waals surface area contributed by atoms with E-state index in [9.17, 15) is 14.7 Å². The van der Waals surface area contributed by atoms with Crippen LogP contribution < -0.4 is 0 Å². The number of unbranched alkanes of at least 4 members (excludes halogenated alkanes) is 4. The number of carboxylic acids is 1. The molecule has 4 nitrogen and oxygen atoms in total.